The van der Waals surface area contributed by atoms with E-state index < -0.39 is 9.05 Å². The molecule has 1 heterocycles. The largest absolute Gasteiger partial charge is 0.320 e. The summed E-state index contributed by atoms with van der Waals surface area (Å²) < 4.78 is 26.3. The average molecular weight is 383 g/mol. The minimum absolute atomic E-state index is 0.0569. The summed E-state index contributed by atoms with van der Waals surface area (Å²) in [6.07, 6.45) is 1.34. The average Bonchev–Trinajstić information content (AvgIpc) is 2.84. The van der Waals surface area contributed by atoms with Crippen molar-refractivity contribution in [3.63, 3.8) is 0 Å². The molecule has 1 aromatic heterocycles. The Kier molecular flexibility index (Phi) is 4.19. The Balaban J connectivity index is 2.25. The van der Waals surface area contributed by atoms with Crippen molar-refractivity contribution in [2.45, 2.75) is 4.90 Å². The minimum Gasteiger partial charge on any atom is -0.320 e. The molecule has 0 fully saturated rings. The lowest BCUT2D eigenvalue weighted by Gasteiger charge is -2.06. The van der Waals surface area contributed by atoms with E-state index in [1.165, 1.54) is 24.4 Å². The van der Waals surface area contributed by atoms with Gasteiger partial charge in [0.1, 0.15) is 4.88 Å². The van der Waals surface area contributed by atoms with E-state index in [4.69, 9.17) is 10.7 Å². The molecule has 100 valence electrons. The van der Waals surface area contributed by atoms with Gasteiger partial charge in [-0.2, -0.15) is 0 Å². The first-order valence-corrected chi connectivity index (χ1v) is 8.58. The standard InChI is InChI=1S/C9H5BrClN3O3S2/c10-6-3-5(19(11,16)17)1-2-7(6)13-9(15)8-4-12-14-18-8/h1-4H,(H,13,15). The van der Waals surface area contributed by atoms with Crippen LogP contribution in [0, 0.1) is 0 Å². The van der Waals surface area contributed by atoms with Gasteiger partial charge in [-0.3, -0.25) is 4.79 Å². The Morgan fingerprint density at radius 1 is 1.42 bits per heavy atom. The molecule has 0 spiro atoms. The summed E-state index contributed by atoms with van der Waals surface area (Å²) in [6.45, 7) is 0. The van der Waals surface area contributed by atoms with Gasteiger partial charge in [-0.1, -0.05) is 4.49 Å². The number of hydrogen-bond acceptors (Lipinski definition) is 6. The lowest BCUT2D eigenvalue weighted by molar-refractivity contribution is 0.103. The number of hydrogen-bond donors (Lipinski definition) is 1. The fourth-order valence-corrected chi connectivity index (χ4v) is 3.02. The van der Waals surface area contributed by atoms with Crippen molar-refractivity contribution in [1.82, 2.24) is 9.59 Å². The molecule has 0 aliphatic rings. The molecule has 1 N–H and O–H groups in total. The van der Waals surface area contributed by atoms with E-state index in [0.717, 1.165) is 11.5 Å². The number of benzene rings is 1. The third kappa shape index (κ3) is 3.50. The van der Waals surface area contributed by atoms with Crippen LogP contribution in [-0.2, 0) is 9.05 Å². The Labute approximate surface area is 125 Å². The topological polar surface area (TPSA) is 89.0 Å². The van der Waals surface area contributed by atoms with E-state index >= 15 is 0 Å². The molecule has 0 atom stereocenters. The fraction of sp³-hybridized carbons (Fsp3) is 0. The molecule has 0 aliphatic heterocycles. The first-order chi connectivity index (χ1) is 8.88. The Bertz CT molecular complexity index is 718. The molecule has 0 saturated carbocycles. The molecule has 10 heteroatoms. The van der Waals surface area contributed by atoms with Gasteiger partial charge in [0.05, 0.1) is 16.8 Å². The molecule has 19 heavy (non-hydrogen) atoms. The van der Waals surface area contributed by atoms with E-state index in [1.54, 1.807) is 0 Å². The quantitative estimate of drug-likeness (QED) is 0.824. The lowest BCUT2D eigenvalue weighted by Crippen LogP contribution is -2.10. The van der Waals surface area contributed by atoms with Gasteiger partial charge >= 0.3 is 0 Å². The van der Waals surface area contributed by atoms with Crippen LogP contribution in [0.5, 0.6) is 0 Å². The van der Waals surface area contributed by atoms with Gasteiger partial charge in [-0.05, 0) is 45.7 Å². The summed E-state index contributed by atoms with van der Waals surface area (Å²) in [5, 5.41) is 6.15. The van der Waals surface area contributed by atoms with Crippen LogP contribution in [0.3, 0.4) is 0 Å². The zero-order valence-corrected chi connectivity index (χ0v) is 13.0. The van der Waals surface area contributed by atoms with Crippen LogP contribution in [0.15, 0.2) is 33.8 Å². The maximum absolute atomic E-state index is 11.8. The molecule has 0 radical (unpaired) electrons. The highest BCUT2D eigenvalue weighted by Gasteiger charge is 2.14. The lowest BCUT2D eigenvalue weighted by atomic mass is 10.3. The second-order valence-corrected chi connectivity index (χ2v) is 7.52. The van der Waals surface area contributed by atoms with Crippen molar-refractivity contribution in [2.75, 3.05) is 5.32 Å². The summed E-state index contributed by atoms with van der Waals surface area (Å²) in [7, 11) is 1.42. The number of nitrogens with one attached hydrogen (secondary N) is 1. The predicted molar refractivity (Wildman–Crippen MR) is 75.0 cm³/mol. The number of halogens is 2. The third-order valence-corrected chi connectivity index (χ3v) is 4.73. The van der Waals surface area contributed by atoms with Gasteiger partial charge in [0, 0.05) is 15.2 Å². The molecular formula is C9H5BrClN3O3S2. The van der Waals surface area contributed by atoms with Gasteiger partial charge in [0.25, 0.3) is 15.0 Å². The third-order valence-electron chi connectivity index (χ3n) is 2.06. The molecule has 1 aromatic carbocycles. The predicted octanol–water partition coefficient (Wildman–Crippen LogP) is 2.48. The summed E-state index contributed by atoms with van der Waals surface area (Å²) in [4.78, 5) is 12.1. The molecule has 0 unspecified atom stereocenters. The maximum atomic E-state index is 11.8. The van der Waals surface area contributed by atoms with Gasteiger partial charge < -0.3 is 5.32 Å². The highest BCUT2D eigenvalue weighted by atomic mass is 79.9. The van der Waals surface area contributed by atoms with Gasteiger partial charge in [-0.15, -0.1) is 5.10 Å². The van der Waals surface area contributed by atoms with Crippen LogP contribution in [0.4, 0.5) is 5.69 Å². The second-order valence-electron chi connectivity index (χ2n) is 3.32. The summed E-state index contributed by atoms with van der Waals surface area (Å²) in [5.74, 6) is -0.378. The Hall–Kier alpha value is -1.03. The normalized spacial score (nSPS) is 11.3. The zero-order chi connectivity index (χ0) is 14.0. The number of carbonyl (C=O) groups excluding carboxylic acids is 1. The van der Waals surface area contributed by atoms with Crippen LogP contribution in [-0.4, -0.2) is 23.9 Å². The van der Waals surface area contributed by atoms with Crippen molar-refractivity contribution in [3.05, 3.63) is 33.7 Å². The Morgan fingerprint density at radius 2 is 2.16 bits per heavy atom. The minimum atomic E-state index is -3.80. The molecular weight excluding hydrogens is 378 g/mol. The fourth-order valence-electron chi connectivity index (χ4n) is 1.20. The molecule has 0 saturated heterocycles. The van der Waals surface area contributed by atoms with Crippen LogP contribution >= 0.6 is 38.1 Å². The van der Waals surface area contributed by atoms with Gasteiger partial charge in [-0.25, -0.2) is 8.42 Å². The van der Waals surface area contributed by atoms with Crippen molar-refractivity contribution in [1.29, 1.82) is 0 Å². The molecule has 6 nitrogen and oxygen atoms in total. The number of carbonyl (C=O) groups is 1. The zero-order valence-electron chi connectivity index (χ0n) is 9.00. The van der Waals surface area contributed by atoms with Gasteiger partial charge in [0.2, 0.25) is 0 Å². The molecule has 0 bridgehead atoms. The van der Waals surface area contributed by atoms with Crippen LogP contribution < -0.4 is 5.32 Å². The van der Waals surface area contributed by atoms with Crippen LogP contribution in [0.25, 0.3) is 0 Å². The van der Waals surface area contributed by atoms with Crippen molar-refractivity contribution in [3.8, 4) is 0 Å². The van der Waals surface area contributed by atoms with E-state index in [0.29, 0.717) is 15.0 Å². The number of aromatic nitrogens is 2. The monoisotopic (exact) mass is 381 g/mol. The number of anilines is 1. The smallest absolute Gasteiger partial charge is 0.269 e. The van der Waals surface area contributed by atoms with Crippen molar-refractivity contribution >= 4 is 58.8 Å². The molecule has 2 rings (SSSR count). The van der Waals surface area contributed by atoms with Gasteiger partial charge in [0.15, 0.2) is 0 Å². The van der Waals surface area contributed by atoms with Crippen LogP contribution in [0.2, 0.25) is 0 Å². The summed E-state index contributed by atoms with van der Waals surface area (Å²) in [5.41, 5.74) is 0.419. The first kappa shape index (κ1) is 14.4. The second kappa shape index (κ2) is 5.53. The molecule has 2 aromatic rings. The summed E-state index contributed by atoms with van der Waals surface area (Å²) >= 11 is 4.12. The highest BCUT2D eigenvalue weighted by molar-refractivity contribution is 9.10. The number of nitrogens with zero attached hydrogens (tertiary/aromatic N) is 2. The summed E-state index contributed by atoms with van der Waals surface area (Å²) in [6, 6.07) is 4.04. The maximum Gasteiger partial charge on any atom is 0.269 e. The van der Waals surface area contributed by atoms with Crippen molar-refractivity contribution < 1.29 is 13.2 Å². The van der Waals surface area contributed by atoms with E-state index in [9.17, 15) is 13.2 Å². The van der Waals surface area contributed by atoms with Crippen molar-refractivity contribution in [2.24, 2.45) is 0 Å². The van der Waals surface area contributed by atoms with E-state index in [-0.39, 0.29) is 10.8 Å². The number of rotatable bonds is 3. The SMILES string of the molecule is O=C(Nc1ccc(S(=O)(=O)Cl)cc1Br)c1cnns1. The van der Waals surface area contributed by atoms with Crippen LogP contribution in [0.1, 0.15) is 9.67 Å². The molecule has 1 amide bonds. The number of amides is 1. The molecule has 0 aliphatic carbocycles. The van der Waals surface area contributed by atoms with E-state index in [1.807, 2.05) is 0 Å². The first-order valence-electron chi connectivity index (χ1n) is 4.71. The Morgan fingerprint density at radius 3 is 2.68 bits per heavy atom. The van der Waals surface area contributed by atoms with E-state index in [2.05, 4.69) is 30.8 Å². The highest BCUT2D eigenvalue weighted by Crippen LogP contribution is 2.27.